The first-order valence-electron chi connectivity index (χ1n) is 4.96. The van der Waals surface area contributed by atoms with Gasteiger partial charge in [-0.15, -0.1) is 0 Å². The molecule has 0 aliphatic carbocycles. The lowest BCUT2D eigenvalue weighted by molar-refractivity contribution is 0.265. The van der Waals surface area contributed by atoms with Gasteiger partial charge in [0.15, 0.2) is 0 Å². The molecule has 0 fully saturated rings. The van der Waals surface area contributed by atoms with Crippen LogP contribution in [-0.2, 0) is 6.54 Å². The van der Waals surface area contributed by atoms with Crippen LogP contribution in [0.1, 0.15) is 19.4 Å². The van der Waals surface area contributed by atoms with E-state index in [0.29, 0.717) is 6.04 Å². The predicted molar refractivity (Wildman–Crippen MR) is 59.6 cm³/mol. The van der Waals surface area contributed by atoms with Crippen molar-refractivity contribution in [2.45, 2.75) is 26.4 Å². The van der Waals surface area contributed by atoms with Crippen molar-refractivity contribution in [1.29, 1.82) is 0 Å². The second kappa shape index (κ2) is 5.01. The summed E-state index contributed by atoms with van der Waals surface area (Å²) in [6.07, 6.45) is 0. The van der Waals surface area contributed by atoms with Gasteiger partial charge in [0.1, 0.15) is 5.75 Å². The van der Waals surface area contributed by atoms with E-state index in [-0.39, 0.29) is 0 Å². The van der Waals surface area contributed by atoms with E-state index in [1.54, 1.807) is 7.11 Å². The average Bonchev–Trinajstić information content (AvgIpc) is 2.18. The number of methoxy groups -OCH3 is 1. The molecule has 14 heavy (non-hydrogen) atoms. The summed E-state index contributed by atoms with van der Waals surface area (Å²) in [5.41, 5.74) is 1.29. The minimum Gasteiger partial charge on any atom is -0.497 e. The van der Waals surface area contributed by atoms with Crippen LogP contribution >= 0.6 is 0 Å². The van der Waals surface area contributed by atoms with Crippen LogP contribution < -0.4 is 4.74 Å². The average molecular weight is 193 g/mol. The summed E-state index contributed by atoms with van der Waals surface area (Å²) in [4.78, 5) is 2.30. The Morgan fingerprint density at radius 1 is 1.36 bits per heavy atom. The molecule has 0 saturated heterocycles. The fourth-order valence-electron chi connectivity index (χ4n) is 1.24. The van der Waals surface area contributed by atoms with Gasteiger partial charge in [0, 0.05) is 12.6 Å². The Morgan fingerprint density at radius 2 is 2.07 bits per heavy atom. The topological polar surface area (TPSA) is 12.5 Å². The normalized spacial score (nSPS) is 11.0. The third-order valence-corrected chi connectivity index (χ3v) is 2.45. The van der Waals surface area contributed by atoms with E-state index in [2.05, 4.69) is 37.9 Å². The maximum absolute atomic E-state index is 5.18. The molecule has 0 radical (unpaired) electrons. The lowest BCUT2D eigenvalue weighted by atomic mass is 10.2. The molecule has 0 aromatic heterocycles. The van der Waals surface area contributed by atoms with Crippen LogP contribution in [0.3, 0.4) is 0 Å². The molecular weight excluding hydrogens is 174 g/mol. The SMILES string of the molecule is COc1cccc(CN(C)C(C)C)c1. The van der Waals surface area contributed by atoms with E-state index < -0.39 is 0 Å². The Balaban J connectivity index is 2.66. The lowest BCUT2D eigenvalue weighted by Gasteiger charge is -2.21. The van der Waals surface area contributed by atoms with Crippen LogP contribution in [0.4, 0.5) is 0 Å². The van der Waals surface area contributed by atoms with Gasteiger partial charge in [-0.2, -0.15) is 0 Å². The fourth-order valence-corrected chi connectivity index (χ4v) is 1.24. The van der Waals surface area contributed by atoms with Crippen LogP contribution in [0.25, 0.3) is 0 Å². The number of rotatable bonds is 4. The van der Waals surface area contributed by atoms with Crippen LogP contribution in [-0.4, -0.2) is 25.1 Å². The summed E-state index contributed by atoms with van der Waals surface area (Å²) < 4.78 is 5.18. The number of hydrogen-bond donors (Lipinski definition) is 0. The zero-order chi connectivity index (χ0) is 10.6. The van der Waals surface area contributed by atoms with Crippen molar-refractivity contribution in [1.82, 2.24) is 4.90 Å². The summed E-state index contributed by atoms with van der Waals surface area (Å²) in [5.74, 6) is 0.930. The van der Waals surface area contributed by atoms with Crippen molar-refractivity contribution < 1.29 is 4.74 Å². The van der Waals surface area contributed by atoms with Crippen LogP contribution in [0.15, 0.2) is 24.3 Å². The molecule has 2 nitrogen and oxygen atoms in total. The second-order valence-corrected chi connectivity index (χ2v) is 3.86. The largest absolute Gasteiger partial charge is 0.497 e. The van der Waals surface area contributed by atoms with Gasteiger partial charge in [0.05, 0.1) is 7.11 Å². The molecule has 0 unspecified atom stereocenters. The second-order valence-electron chi connectivity index (χ2n) is 3.86. The summed E-state index contributed by atoms with van der Waals surface area (Å²) >= 11 is 0. The van der Waals surface area contributed by atoms with Crippen molar-refractivity contribution >= 4 is 0 Å². The van der Waals surface area contributed by atoms with E-state index >= 15 is 0 Å². The molecule has 0 saturated carbocycles. The third-order valence-electron chi connectivity index (χ3n) is 2.45. The molecule has 0 spiro atoms. The van der Waals surface area contributed by atoms with Gasteiger partial charge in [-0.05, 0) is 38.6 Å². The van der Waals surface area contributed by atoms with Crippen molar-refractivity contribution in [2.75, 3.05) is 14.2 Å². The van der Waals surface area contributed by atoms with Gasteiger partial charge in [0.2, 0.25) is 0 Å². The monoisotopic (exact) mass is 193 g/mol. The van der Waals surface area contributed by atoms with Gasteiger partial charge in [-0.1, -0.05) is 12.1 Å². The standard InChI is InChI=1S/C12H19NO/c1-10(2)13(3)9-11-6-5-7-12(8-11)14-4/h5-8,10H,9H2,1-4H3. The van der Waals surface area contributed by atoms with Gasteiger partial charge >= 0.3 is 0 Å². The highest BCUT2D eigenvalue weighted by Crippen LogP contribution is 2.14. The molecule has 0 bridgehead atoms. The van der Waals surface area contributed by atoms with E-state index in [1.165, 1.54) is 5.56 Å². The van der Waals surface area contributed by atoms with E-state index in [0.717, 1.165) is 12.3 Å². The summed E-state index contributed by atoms with van der Waals surface area (Å²) in [6, 6.07) is 8.78. The molecule has 1 aromatic carbocycles. The van der Waals surface area contributed by atoms with E-state index in [9.17, 15) is 0 Å². The third kappa shape index (κ3) is 3.04. The van der Waals surface area contributed by atoms with Crippen LogP contribution in [0.5, 0.6) is 5.75 Å². The Labute approximate surface area is 86.5 Å². The maximum atomic E-state index is 5.18. The Morgan fingerprint density at radius 3 is 2.64 bits per heavy atom. The quantitative estimate of drug-likeness (QED) is 0.728. The summed E-state index contributed by atoms with van der Waals surface area (Å²) in [7, 11) is 3.83. The van der Waals surface area contributed by atoms with Crippen molar-refractivity contribution in [3.63, 3.8) is 0 Å². The number of ether oxygens (including phenoxy) is 1. The van der Waals surface area contributed by atoms with Crippen molar-refractivity contribution in [3.05, 3.63) is 29.8 Å². The highest BCUT2D eigenvalue weighted by molar-refractivity contribution is 5.28. The molecule has 0 atom stereocenters. The van der Waals surface area contributed by atoms with Gasteiger partial charge in [0.25, 0.3) is 0 Å². The highest BCUT2D eigenvalue weighted by atomic mass is 16.5. The molecule has 1 aromatic rings. The van der Waals surface area contributed by atoms with Gasteiger partial charge in [-0.25, -0.2) is 0 Å². The maximum Gasteiger partial charge on any atom is 0.119 e. The summed E-state index contributed by atoms with van der Waals surface area (Å²) in [5, 5.41) is 0. The first kappa shape index (κ1) is 11.1. The number of benzene rings is 1. The molecule has 0 aliphatic heterocycles. The molecule has 0 N–H and O–H groups in total. The highest BCUT2D eigenvalue weighted by Gasteiger charge is 2.04. The summed E-state index contributed by atoms with van der Waals surface area (Å²) in [6.45, 7) is 5.36. The molecule has 78 valence electrons. The predicted octanol–water partition coefficient (Wildman–Crippen LogP) is 2.54. The first-order chi connectivity index (χ1) is 6.63. The minimum atomic E-state index is 0.571. The van der Waals surface area contributed by atoms with Gasteiger partial charge in [-0.3, -0.25) is 4.90 Å². The Hall–Kier alpha value is -1.02. The minimum absolute atomic E-state index is 0.571. The van der Waals surface area contributed by atoms with Crippen molar-refractivity contribution in [3.8, 4) is 5.75 Å². The first-order valence-corrected chi connectivity index (χ1v) is 4.96. The number of hydrogen-bond acceptors (Lipinski definition) is 2. The molecule has 0 aliphatic rings. The molecule has 0 heterocycles. The van der Waals surface area contributed by atoms with Crippen LogP contribution in [0, 0.1) is 0 Å². The van der Waals surface area contributed by atoms with E-state index in [4.69, 9.17) is 4.74 Å². The zero-order valence-electron chi connectivity index (χ0n) is 9.45. The fraction of sp³-hybridized carbons (Fsp3) is 0.500. The molecule has 2 heteroatoms. The van der Waals surface area contributed by atoms with Crippen molar-refractivity contribution in [2.24, 2.45) is 0 Å². The van der Waals surface area contributed by atoms with Crippen LogP contribution in [0.2, 0.25) is 0 Å². The zero-order valence-corrected chi connectivity index (χ0v) is 9.45. The van der Waals surface area contributed by atoms with E-state index in [1.807, 2.05) is 12.1 Å². The Kier molecular flexibility index (Phi) is 3.96. The molecular formula is C12H19NO. The Bertz CT molecular complexity index is 283. The van der Waals surface area contributed by atoms with Gasteiger partial charge < -0.3 is 4.74 Å². The smallest absolute Gasteiger partial charge is 0.119 e. The number of nitrogens with zero attached hydrogens (tertiary/aromatic N) is 1. The lowest BCUT2D eigenvalue weighted by Crippen LogP contribution is -2.25. The molecule has 1 rings (SSSR count). The molecule has 0 amide bonds.